The molecule has 2 N–H and O–H groups in total. The van der Waals surface area contributed by atoms with Gasteiger partial charge in [0.15, 0.2) is 0 Å². The highest BCUT2D eigenvalue weighted by molar-refractivity contribution is 7.10. The van der Waals surface area contributed by atoms with Crippen molar-refractivity contribution in [2.45, 2.75) is 40.2 Å². The number of esters is 1. The van der Waals surface area contributed by atoms with Gasteiger partial charge in [-0.1, -0.05) is 6.92 Å². The Labute approximate surface area is 123 Å². The van der Waals surface area contributed by atoms with E-state index < -0.39 is 12.0 Å². The van der Waals surface area contributed by atoms with Crippen molar-refractivity contribution < 1.29 is 14.3 Å². The summed E-state index contributed by atoms with van der Waals surface area (Å²) in [5, 5.41) is 6.39. The summed E-state index contributed by atoms with van der Waals surface area (Å²) in [4.78, 5) is 23.7. The normalized spacial score (nSPS) is 11.8. The highest BCUT2D eigenvalue weighted by Gasteiger charge is 2.22. The second-order valence-electron chi connectivity index (χ2n) is 4.35. The number of nitrogens with one attached hydrogen (secondary N) is 2. The smallest absolute Gasteiger partial charge is 0.343 e. The second-order valence-corrected chi connectivity index (χ2v) is 5.12. The molecule has 1 unspecified atom stereocenters. The maximum absolute atomic E-state index is 11.9. The first-order valence-electron chi connectivity index (χ1n) is 6.68. The van der Waals surface area contributed by atoms with Crippen LogP contribution in [0.4, 0.5) is 5.00 Å². The summed E-state index contributed by atoms with van der Waals surface area (Å²) in [6.07, 6.45) is 0.881. The van der Waals surface area contributed by atoms with E-state index >= 15 is 0 Å². The lowest BCUT2D eigenvalue weighted by molar-refractivity contribution is -0.121. The van der Waals surface area contributed by atoms with Gasteiger partial charge in [0.05, 0.1) is 12.3 Å². The van der Waals surface area contributed by atoms with E-state index in [1.54, 1.807) is 20.8 Å². The fourth-order valence-corrected chi connectivity index (χ4v) is 2.45. The third kappa shape index (κ3) is 4.19. The summed E-state index contributed by atoms with van der Waals surface area (Å²) in [6, 6.07) is -0.436. The minimum atomic E-state index is -0.436. The van der Waals surface area contributed by atoms with Crippen LogP contribution >= 0.6 is 11.5 Å². The van der Waals surface area contributed by atoms with E-state index in [0.29, 0.717) is 29.4 Å². The number of hydrogen-bond donors (Lipinski definition) is 2. The van der Waals surface area contributed by atoms with Gasteiger partial charge in [0.2, 0.25) is 5.91 Å². The lowest BCUT2D eigenvalue weighted by Gasteiger charge is -2.14. The minimum Gasteiger partial charge on any atom is -0.462 e. The first-order chi connectivity index (χ1) is 9.51. The van der Waals surface area contributed by atoms with Crippen molar-refractivity contribution in [2.24, 2.45) is 0 Å². The van der Waals surface area contributed by atoms with Crippen LogP contribution in [0, 0.1) is 6.92 Å². The molecule has 0 radical (unpaired) electrons. The fraction of sp³-hybridized carbons (Fsp3) is 0.615. The van der Waals surface area contributed by atoms with Gasteiger partial charge < -0.3 is 15.4 Å². The standard InChI is InChI=1S/C13H21N3O3S/c1-5-7-14-11(17)9(4)15-12-10(8(3)16-20-12)13(18)19-6-2/h9,15H,5-7H2,1-4H3,(H,14,17). The molecule has 0 bridgehead atoms. The Morgan fingerprint density at radius 1 is 1.40 bits per heavy atom. The predicted octanol–water partition coefficient (Wildman–Crippen LogP) is 1.95. The molecule has 0 fully saturated rings. The van der Waals surface area contributed by atoms with Crippen molar-refractivity contribution >= 4 is 28.4 Å². The van der Waals surface area contributed by atoms with Crippen molar-refractivity contribution in [3.05, 3.63) is 11.3 Å². The van der Waals surface area contributed by atoms with E-state index in [0.717, 1.165) is 18.0 Å². The van der Waals surface area contributed by atoms with Crippen molar-refractivity contribution in [1.29, 1.82) is 0 Å². The van der Waals surface area contributed by atoms with Crippen molar-refractivity contribution in [2.75, 3.05) is 18.5 Å². The van der Waals surface area contributed by atoms with Gasteiger partial charge in [0.1, 0.15) is 16.6 Å². The Morgan fingerprint density at radius 2 is 2.10 bits per heavy atom. The van der Waals surface area contributed by atoms with E-state index in [4.69, 9.17) is 4.74 Å². The molecule has 0 aromatic carbocycles. The maximum atomic E-state index is 11.9. The lowest BCUT2D eigenvalue weighted by Crippen LogP contribution is -2.38. The van der Waals surface area contributed by atoms with E-state index in [-0.39, 0.29) is 5.91 Å². The number of carbonyl (C=O) groups is 2. The van der Waals surface area contributed by atoms with Crippen LogP contribution in [0.5, 0.6) is 0 Å². The number of ether oxygens (including phenoxy) is 1. The van der Waals surface area contributed by atoms with Crippen LogP contribution in [0.3, 0.4) is 0 Å². The van der Waals surface area contributed by atoms with Crippen LogP contribution in [0.15, 0.2) is 0 Å². The quantitative estimate of drug-likeness (QED) is 0.752. The molecule has 1 amide bonds. The molecule has 7 heteroatoms. The van der Waals surface area contributed by atoms with E-state index in [1.165, 1.54) is 0 Å². The van der Waals surface area contributed by atoms with Crippen LogP contribution in [-0.2, 0) is 9.53 Å². The van der Waals surface area contributed by atoms with Crippen LogP contribution in [-0.4, -0.2) is 35.4 Å². The number of hydrogen-bond acceptors (Lipinski definition) is 6. The highest BCUT2D eigenvalue weighted by Crippen LogP contribution is 2.26. The van der Waals surface area contributed by atoms with Crippen LogP contribution in [0.2, 0.25) is 0 Å². The van der Waals surface area contributed by atoms with Gasteiger partial charge in [-0.25, -0.2) is 4.79 Å². The first kappa shape index (κ1) is 16.4. The van der Waals surface area contributed by atoms with Gasteiger partial charge in [-0.05, 0) is 38.7 Å². The zero-order valence-electron chi connectivity index (χ0n) is 12.3. The topological polar surface area (TPSA) is 80.3 Å². The molecule has 112 valence electrons. The molecular weight excluding hydrogens is 278 g/mol. The van der Waals surface area contributed by atoms with Crippen molar-refractivity contribution in [3.63, 3.8) is 0 Å². The van der Waals surface area contributed by atoms with Gasteiger partial charge in [0.25, 0.3) is 0 Å². The van der Waals surface area contributed by atoms with Gasteiger partial charge in [-0.15, -0.1) is 0 Å². The van der Waals surface area contributed by atoms with Crippen LogP contribution in [0.25, 0.3) is 0 Å². The van der Waals surface area contributed by atoms with Crippen LogP contribution in [0.1, 0.15) is 43.2 Å². The molecule has 1 atom stereocenters. The number of nitrogens with zero attached hydrogens (tertiary/aromatic N) is 1. The SMILES string of the molecule is CCCNC(=O)C(C)Nc1snc(C)c1C(=O)OCC. The average Bonchev–Trinajstić information content (AvgIpc) is 2.77. The number of anilines is 1. The summed E-state index contributed by atoms with van der Waals surface area (Å²) >= 11 is 1.16. The molecule has 0 aliphatic rings. The van der Waals surface area contributed by atoms with Crippen molar-refractivity contribution in [3.8, 4) is 0 Å². The average molecular weight is 299 g/mol. The van der Waals surface area contributed by atoms with Crippen LogP contribution < -0.4 is 10.6 Å². The third-order valence-corrected chi connectivity index (χ3v) is 3.50. The second kappa shape index (κ2) is 7.84. The Balaban J connectivity index is 2.77. The first-order valence-corrected chi connectivity index (χ1v) is 7.46. The van der Waals surface area contributed by atoms with E-state index in [9.17, 15) is 9.59 Å². The van der Waals surface area contributed by atoms with Gasteiger partial charge in [0, 0.05) is 6.54 Å². The Hall–Kier alpha value is -1.63. The van der Waals surface area contributed by atoms with Gasteiger partial charge in [-0.2, -0.15) is 4.37 Å². The summed E-state index contributed by atoms with van der Waals surface area (Å²) in [7, 11) is 0. The van der Waals surface area contributed by atoms with E-state index in [1.807, 2.05) is 6.92 Å². The molecule has 0 aliphatic heterocycles. The fourth-order valence-electron chi connectivity index (χ4n) is 1.58. The summed E-state index contributed by atoms with van der Waals surface area (Å²) in [6.45, 7) is 8.17. The molecule has 1 aromatic heterocycles. The molecule has 0 spiro atoms. The maximum Gasteiger partial charge on any atom is 0.343 e. The third-order valence-electron chi connectivity index (χ3n) is 2.63. The Bertz CT molecular complexity index is 473. The number of aromatic nitrogens is 1. The molecule has 6 nitrogen and oxygen atoms in total. The number of amides is 1. The zero-order valence-corrected chi connectivity index (χ0v) is 13.1. The Morgan fingerprint density at radius 3 is 2.70 bits per heavy atom. The minimum absolute atomic E-state index is 0.104. The molecule has 0 saturated carbocycles. The van der Waals surface area contributed by atoms with Gasteiger partial charge >= 0.3 is 5.97 Å². The molecular formula is C13H21N3O3S. The molecule has 20 heavy (non-hydrogen) atoms. The summed E-state index contributed by atoms with van der Waals surface area (Å²) < 4.78 is 9.14. The molecule has 1 aromatic rings. The molecule has 1 heterocycles. The number of aryl methyl sites for hydroxylation is 1. The summed E-state index contributed by atoms with van der Waals surface area (Å²) in [5.41, 5.74) is 1.02. The number of carbonyl (C=O) groups excluding carboxylic acids is 2. The van der Waals surface area contributed by atoms with Gasteiger partial charge in [-0.3, -0.25) is 4.79 Å². The zero-order chi connectivity index (χ0) is 15.1. The monoisotopic (exact) mass is 299 g/mol. The largest absolute Gasteiger partial charge is 0.462 e. The molecule has 0 saturated heterocycles. The van der Waals surface area contributed by atoms with E-state index in [2.05, 4.69) is 15.0 Å². The summed E-state index contributed by atoms with van der Waals surface area (Å²) in [5.74, 6) is -0.518. The Kier molecular flexibility index (Phi) is 6.44. The lowest BCUT2D eigenvalue weighted by atomic mass is 10.2. The van der Waals surface area contributed by atoms with Crippen molar-refractivity contribution in [1.82, 2.24) is 9.69 Å². The molecule has 1 rings (SSSR count). The highest BCUT2D eigenvalue weighted by atomic mass is 32.1. The predicted molar refractivity (Wildman–Crippen MR) is 79.2 cm³/mol. The number of rotatable bonds is 7. The molecule has 0 aliphatic carbocycles.